The van der Waals surface area contributed by atoms with Crippen molar-refractivity contribution in [3.05, 3.63) is 0 Å². The maximum absolute atomic E-state index is 8.56. The van der Waals surface area contributed by atoms with E-state index in [4.69, 9.17) is 26.2 Å². The van der Waals surface area contributed by atoms with E-state index in [1.165, 1.54) is 4.90 Å². The van der Waals surface area contributed by atoms with Crippen molar-refractivity contribution in [2.75, 3.05) is 14.1 Å². The molecule has 0 aromatic heterocycles. The molecule has 6 nitrogen and oxygen atoms in total. The van der Waals surface area contributed by atoms with E-state index in [0.717, 1.165) is 0 Å². The molecule has 10 heavy (non-hydrogen) atoms. The second-order valence-corrected chi connectivity index (χ2v) is 1.56. The number of nitrogens with zero attached hydrogens (tertiary/aromatic N) is 1. The van der Waals surface area contributed by atoms with E-state index in [1.54, 1.807) is 14.1 Å². The summed E-state index contributed by atoms with van der Waals surface area (Å²) in [6, 6.07) is 0. The van der Waals surface area contributed by atoms with Crippen molar-refractivity contribution in [1.29, 1.82) is 5.41 Å². The summed E-state index contributed by atoms with van der Waals surface area (Å²) in [6.45, 7) is 0. The maximum Gasteiger partial charge on any atom is 0.503 e. The molecule has 0 bridgehead atoms. The van der Waals surface area contributed by atoms with Crippen LogP contribution in [0.5, 0.6) is 0 Å². The molecule has 0 atom stereocenters. The fourth-order valence-electron chi connectivity index (χ4n) is 0. The Morgan fingerprint density at radius 3 is 1.60 bits per heavy atom. The predicted molar refractivity (Wildman–Crippen MR) is 36.3 cm³/mol. The molecule has 0 saturated heterocycles. The van der Waals surface area contributed by atoms with Crippen LogP contribution in [-0.2, 0) is 0 Å². The van der Waals surface area contributed by atoms with Crippen LogP contribution in [0.1, 0.15) is 0 Å². The first-order valence-electron chi connectivity index (χ1n) is 2.31. The molecule has 0 heterocycles. The maximum atomic E-state index is 8.56. The van der Waals surface area contributed by atoms with Gasteiger partial charge in [-0.15, -0.1) is 0 Å². The normalized spacial score (nSPS) is 7.00. The highest BCUT2D eigenvalue weighted by Crippen LogP contribution is 1.62. The fourth-order valence-corrected chi connectivity index (χ4v) is 0. The number of guanidine groups is 1. The number of carboxylic acid groups (broad SMARTS) is 2. The van der Waals surface area contributed by atoms with Gasteiger partial charge in [-0.1, -0.05) is 0 Å². The highest BCUT2D eigenvalue weighted by atomic mass is 16.6. The van der Waals surface area contributed by atoms with Gasteiger partial charge in [-0.05, 0) is 0 Å². The number of nitrogens with one attached hydrogen (secondary N) is 1. The minimum atomic E-state index is -1.83. The van der Waals surface area contributed by atoms with E-state index in [-0.39, 0.29) is 5.96 Å². The molecule has 0 rings (SSSR count). The summed E-state index contributed by atoms with van der Waals surface area (Å²) in [5.41, 5.74) is 4.94. The first-order valence-corrected chi connectivity index (χ1v) is 2.31. The molecule has 0 aromatic rings. The van der Waals surface area contributed by atoms with E-state index in [0.29, 0.717) is 0 Å². The molecule has 0 aromatic carbocycles. The molecular weight excluding hydrogens is 138 g/mol. The zero-order chi connectivity index (χ0) is 8.73. The Morgan fingerprint density at radius 1 is 1.50 bits per heavy atom. The summed E-state index contributed by atoms with van der Waals surface area (Å²) in [4.78, 5) is 10.1. The lowest BCUT2D eigenvalue weighted by Gasteiger charge is -2.05. The van der Waals surface area contributed by atoms with Crippen LogP contribution in [0.15, 0.2) is 0 Å². The average Bonchev–Trinajstić information content (AvgIpc) is 1.63. The van der Waals surface area contributed by atoms with Crippen LogP contribution in [0.4, 0.5) is 4.79 Å². The van der Waals surface area contributed by atoms with E-state index in [9.17, 15) is 0 Å². The zero-order valence-corrected chi connectivity index (χ0v) is 5.83. The summed E-state index contributed by atoms with van der Waals surface area (Å²) < 4.78 is 0. The largest absolute Gasteiger partial charge is 0.503 e. The van der Waals surface area contributed by atoms with Crippen molar-refractivity contribution in [2.45, 2.75) is 0 Å². The molecule has 5 N–H and O–H groups in total. The van der Waals surface area contributed by atoms with Crippen LogP contribution in [0, 0.1) is 5.41 Å². The Bertz CT molecular complexity index is 119. The van der Waals surface area contributed by atoms with Crippen molar-refractivity contribution in [2.24, 2.45) is 5.73 Å². The lowest BCUT2D eigenvalue weighted by molar-refractivity contribution is 0.137. The van der Waals surface area contributed by atoms with Crippen LogP contribution in [0.3, 0.4) is 0 Å². The SMILES string of the molecule is CN(C)C(=N)N.O=C(O)O. The molecule has 0 spiro atoms. The van der Waals surface area contributed by atoms with Gasteiger partial charge in [0.15, 0.2) is 5.96 Å². The van der Waals surface area contributed by atoms with E-state index >= 15 is 0 Å². The molecule has 0 aliphatic rings. The van der Waals surface area contributed by atoms with Gasteiger partial charge in [-0.25, -0.2) is 4.79 Å². The van der Waals surface area contributed by atoms with Gasteiger partial charge in [0.1, 0.15) is 0 Å². The molecule has 0 radical (unpaired) electrons. The fraction of sp³-hybridized carbons (Fsp3) is 0.500. The Kier molecular flexibility index (Phi) is 6.44. The number of hydrogen-bond donors (Lipinski definition) is 4. The summed E-state index contributed by atoms with van der Waals surface area (Å²) in [5.74, 6) is 0.0926. The molecule has 0 unspecified atom stereocenters. The zero-order valence-electron chi connectivity index (χ0n) is 5.83. The van der Waals surface area contributed by atoms with Crippen molar-refractivity contribution in [3.8, 4) is 0 Å². The van der Waals surface area contributed by atoms with Gasteiger partial charge in [0.2, 0.25) is 0 Å². The molecular formula is C4H11N3O3. The van der Waals surface area contributed by atoms with Crippen LogP contribution in [0.25, 0.3) is 0 Å². The second-order valence-electron chi connectivity index (χ2n) is 1.56. The Labute approximate surface area is 58.4 Å². The number of carbonyl (C=O) groups is 1. The Hall–Kier alpha value is -1.46. The summed E-state index contributed by atoms with van der Waals surface area (Å²) >= 11 is 0. The van der Waals surface area contributed by atoms with Crippen LogP contribution in [-0.4, -0.2) is 41.3 Å². The molecule has 0 aliphatic heterocycles. The van der Waals surface area contributed by atoms with Gasteiger partial charge in [0.05, 0.1) is 0 Å². The Morgan fingerprint density at radius 2 is 1.60 bits per heavy atom. The molecule has 60 valence electrons. The third-order valence-corrected chi connectivity index (χ3v) is 0.482. The van der Waals surface area contributed by atoms with E-state index in [1.807, 2.05) is 0 Å². The lowest BCUT2D eigenvalue weighted by Crippen LogP contribution is -2.28. The van der Waals surface area contributed by atoms with Gasteiger partial charge in [0.25, 0.3) is 0 Å². The molecule has 0 amide bonds. The van der Waals surface area contributed by atoms with Gasteiger partial charge in [-0.3, -0.25) is 5.41 Å². The van der Waals surface area contributed by atoms with Crippen molar-refractivity contribution < 1.29 is 15.0 Å². The van der Waals surface area contributed by atoms with E-state index < -0.39 is 6.16 Å². The standard InChI is InChI=1S/C3H9N3.CH2O3/c1-6(2)3(4)5;2-1(3)4/h1-2H3,(H3,4,5);(H2,2,3,4). The summed E-state index contributed by atoms with van der Waals surface area (Å²) in [7, 11) is 3.45. The summed E-state index contributed by atoms with van der Waals surface area (Å²) in [5, 5.41) is 20.6. The summed E-state index contributed by atoms with van der Waals surface area (Å²) in [6.07, 6.45) is -1.83. The minimum absolute atomic E-state index is 0.0926. The number of hydrogen-bond acceptors (Lipinski definition) is 2. The average molecular weight is 149 g/mol. The predicted octanol–water partition coefficient (Wildman–Crippen LogP) is -0.336. The molecule has 0 fully saturated rings. The quantitative estimate of drug-likeness (QED) is 0.278. The highest BCUT2D eigenvalue weighted by Gasteiger charge is 1.82. The van der Waals surface area contributed by atoms with Crippen molar-refractivity contribution in [1.82, 2.24) is 4.90 Å². The topological polar surface area (TPSA) is 111 Å². The number of nitrogens with two attached hydrogens (primary N) is 1. The Balaban J connectivity index is 0. The first-order chi connectivity index (χ1) is 4.37. The van der Waals surface area contributed by atoms with Crippen LogP contribution in [0.2, 0.25) is 0 Å². The van der Waals surface area contributed by atoms with Crippen molar-refractivity contribution >= 4 is 12.1 Å². The van der Waals surface area contributed by atoms with Gasteiger partial charge < -0.3 is 20.8 Å². The van der Waals surface area contributed by atoms with Crippen molar-refractivity contribution in [3.63, 3.8) is 0 Å². The highest BCUT2D eigenvalue weighted by molar-refractivity contribution is 5.73. The van der Waals surface area contributed by atoms with Gasteiger partial charge in [-0.2, -0.15) is 0 Å². The van der Waals surface area contributed by atoms with Gasteiger partial charge >= 0.3 is 6.16 Å². The molecule has 0 saturated carbocycles. The third kappa shape index (κ3) is 31.1. The smallest absolute Gasteiger partial charge is 0.450 e. The van der Waals surface area contributed by atoms with Crippen LogP contribution >= 0.6 is 0 Å². The third-order valence-electron chi connectivity index (χ3n) is 0.482. The second kappa shape index (κ2) is 5.67. The van der Waals surface area contributed by atoms with Crippen LogP contribution < -0.4 is 5.73 Å². The monoisotopic (exact) mass is 149 g/mol. The van der Waals surface area contributed by atoms with E-state index in [2.05, 4.69) is 0 Å². The number of rotatable bonds is 0. The van der Waals surface area contributed by atoms with Gasteiger partial charge in [0, 0.05) is 14.1 Å². The lowest BCUT2D eigenvalue weighted by atomic mass is 10.8. The molecule has 6 heteroatoms. The molecule has 0 aliphatic carbocycles. The minimum Gasteiger partial charge on any atom is -0.450 e. The first kappa shape index (κ1) is 11.4.